The van der Waals surface area contributed by atoms with E-state index in [0.717, 1.165) is 5.56 Å². The molecule has 0 saturated carbocycles. The average Bonchev–Trinajstić information content (AvgIpc) is 2.27. The van der Waals surface area contributed by atoms with Gasteiger partial charge in [-0.25, -0.2) is 4.39 Å². The molecule has 0 aliphatic carbocycles. The number of carbonyl (C=O) groups is 1. The molecule has 0 saturated heterocycles. The van der Waals surface area contributed by atoms with E-state index in [-0.39, 0.29) is 17.8 Å². The van der Waals surface area contributed by atoms with Crippen LogP contribution in [0.1, 0.15) is 19.4 Å². The summed E-state index contributed by atoms with van der Waals surface area (Å²) in [6.45, 7) is 3.85. The maximum absolute atomic E-state index is 12.7. The molecule has 0 bridgehead atoms. The fourth-order valence-corrected chi connectivity index (χ4v) is 1.53. The predicted octanol–water partition coefficient (Wildman–Crippen LogP) is 2.24. The summed E-state index contributed by atoms with van der Waals surface area (Å²) in [6, 6.07) is 6.01. The van der Waals surface area contributed by atoms with E-state index in [9.17, 15) is 9.18 Å². The molecule has 0 fully saturated rings. The van der Waals surface area contributed by atoms with Gasteiger partial charge in [0.2, 0.25) is 5.91 Å². The molecule has 1 rings (SSSR count). The molecule has 0 spiro atoms. The van der Waals surface area contributed by atoms with Crippen LogP contribution in [0.2, 0.25) is 0 Å². The fourth-order valence-electron chi connectivity index (χ4n) is 1.20. The minimum Gasteiger partial charge on any atom is -0.360 e. The van der Waals surface area contributed by atoms with Crippen LogP contribution < -0.4 is 10.6 Å². The molecule has 1 amide bonds. The quantitative estimate of drug-likeness (QED) is 0.651. The number of nitrogens with one attached hydrogen (secondary N) is 2. The van der Waals surface area contributed by atoms with E-state index in [1.165, 1.54) is 18.2 Å². The van der Waals surface area contributed by atoms with Crippen LogP contribution in [0.5, 0.6) is 0 Å². The number of halogens is 1. The molecule has 0 atom stereocenters. The highest BCUT2D eigenvalue weighted by atomic mass is 32.1. The van der Waals surface area contributed by atoms with Crippen LogP contribution in [-0.2, 0) is 4.79 Å². The van der Waals surface area contributed by atoms with E-state index >= 15 is 0 Å². The van der Waals surface area contributed by atoms with Gasteiger partial charge in [-0.15, -0.1) is 0 Å². The van der Waals surface area contributed by atoms with Crippen molar-refractivity contribution < 1.29 is 9.18 Å². The van der Waals surface area contributed by atoms with Crippen molar-refractivity contribution in [3.8, 4) is 0 Å². The third-order valence-corrected chi connectivity index (χ3v) is 2.17. The summed E-state index contributed by atoms with van der Waals surface area (Å²) in [4.78, 5) is 11.5. The lowest BCUT2D eigenvalue weighted by Crippen LogP contribution is -2.41. The summed E-state index contributed by atoms with van der Waals surface area (Å²) in [5.74, 6) is -0.628. The molecular formula is C13H15FN2OS. The van der Waals surface area contributed by atoms with E-state index < -0.39 is 0 Å². The summed E-state index contributed by atoms with van der Waals surface area (Å²) in [5, 5.41) is 5.70. The first kappa shape index (κ1) is 14.3. The molecule has 0 unspecified atom stereocenters. The normalized spacial score (nSPS) is 10.7. The molecule has 96 valence electrons. The molecule has 18 heavy (non-hydrogen) atoms. The molecule has 0 heterocycles. The third-order valence-electron chi connectivity index (χ3n) is 1.95. The topological polar surface area (TPSA) is 41.1 Å². The third kappa shape index (κ3) is 5.54. The van der Waals surface area contributed by atoms with Crippen molar-refractivity contribution in [2.24, 2.45) is 0 Å². The number of hydrogen-bond acceptors (Lipinski definition) is 2. The molecular weight excluding hydrogens is 251 g/mol. The first-order valence-corrected chi connectivity index (χ1v) is 5.93. The van der Waals surface area contributed by atoms with Gasteiger partial charge < -0.3 is 5.32 Å². The van der Waals surface area contributed by atoms with Crippen LogP contribution in [-0.4, -0.2) is 17.1 Å². The van der Waals surface area contributed by atoms with Crippen LogP contribution >= 0.6 is 12.2 Å². The molecule has 2 N–H and O–H groups in total. The first-order chi connectivity index (χ1) is 8.47. The van der Waals surface area contributed by atoms with Crippen molar-refractivity contribution in [2.45, 2.75) is 19.9 Å². The Hall–Kier alpha value is -1.75. The van der Waals surface area contributed by atoms with Crippen molar-refractivity contribution in [3.63, 3.8) is 0 Å². The zero-order valence-corrected chi connectivity index (χ0v) is 11.1. The largest absolute Gasteiger partial charge is 0.360 e. The summed E-state index contributed by atoms with van der Waals surface area (Å²) < 4.78 is 12.7. The maximum Gasteiger partial charge on any atom is 0.250 e. The van der Waals surface area contributed by atoms with E-state index in [1.807, 2.05) is 13.8 Å². The van der Waals surface area contributed by atoms with Crippen molar-refractivity contribution >= 4 is 29.3 Å². The zero-order chi connectivity index (χ0) is 13.5. The number of hydrogen-bond donors (Lipinski definition) is 2. The van der Waals surface area contributed by atoms with Crippen molar-refractivity contribution in [3.05, 3.63) is 41.7 Å². The minimum absolute atomic E-state index is 0.166. The number of benzene rings is 1. The second-order valence-electron chi connectivity index (χ2n) is 4.00. The second-order valence-corrected chi connectivity index (χ2v) is 4.41. The number of amides is 1. The fraction of sp³-hybridized carbons (Fsp3) is 0.231. The molecule has 5 heteroatoms. The second kappa shape index (κ2) is 6.86. The summed E-state index contributed by atoms with van der Waals surface area (Å²) in [6.07, 6.45) is 2.94. The van der Waals surface area contributed by atoms with Crippen molar-refractivity contribution in [1.29, 1.82) is 0 Å². The Morgan fingerprint density at radius 2 is 1.94 bits per heavy atom. The van der Waals surface area contributed by atoms with E-state index in [4.69, 9.17) is 12.2 Å². The smallest absolute Gasteiger partial charge is 0.250 e. The van der Waals surface area contributed by atoms with Crippen LogP contribution in [0.3, 0.4) is 0 Å². The molecule has 1 aromatic rings. The van der Waals surface area contributed by atoms with Gasteiger partial charge in [0.05, 0.1) is 0 Å². The average molecular weight is 266 g/mol. The molecule has 0 aromatic heterocycles. The highest BCUT2D eigenvalue weighted by Crippen LogP contribution is 2.04. The Bertz CT molecular complexity index is 455. The van der Waals surface area contributed by atoms with E-state index in [1.54, 1.807) is 18.2 Å². The lowest BCUT2D eigenvalue weighted by molar-refractivity contribution is -0.115. The zero-order valence-electron chi connectivity index (χ0n) is 10.2. The van der Waals surface area contributed by atoms with Gasteiger partial charge in [0.15, 0.2) is 5.11 Å². The van der Waals surface area contributed by atoms with Gasteiger partial charge in [-0.2, -0.15) is 0 Å². The number of carbonyl (C=O) groups excluding carboxylic acids is 1. The number of rotatable bonds is 3. The predicted molar refractivity (Wildman–Crippen MR) is 74.4 cm³/mol. The van der Waals surface area contributed by atoms with Crippen molar-refractivity contribution in [2.75, 3.05) is 0 Å². The highest BCUT2D eigenvalue weighted by molar-refractivity contribution is 7.80. The van der Waals surface area contributed by atoms with E-state index in [2.05, 4.69) is 10.6 Å². The van der Waals surface area contributed by atoms with Crippen LogP contribution in [0.15, 0.2) is 30.3 Å². The van der Waals surface area contributed by atoms with Gasteiger partial charge >= 0.3 is 0 Å². The van der Waals surface area contributed by atoms with Gasteiger partial charge in [-0.1, -0.05) is 12.1 Å². The first-order valence-electron chi connectivity index (χ1n) is 5.52. The summed E-state index contributed by atoms with van der Waals surface area (Å²) in [7, 11) is 0. The van der Waals surface area contributed by atoms with Gasteiger partial charge in [0.25, 0.3) is 0 Å². The molecule has 0 aliphatic rings. The van der Waals surface area contributed by atoms with Gasteiger partial charge in [-0.05, 0) is 49.8 Å². The summed E-state index contributed by atoms with van der Waals surface area (Å²) in [5.41, 5.74) is 0.745. The highest BCUT2D eigenvalue weighted by Gasteiger charge is 2.01. The summed E-state index contributed by atoms with van der Waals surface area (Å²) >= 11 is 4.93. The molecule has 1 aromatic carbocycles. The number of thiocarbonyl (C=S) groups is 1. The van der Waals surface area contributed by atoms with Crippen LogP contribution in [0.25, 0.3) is 6.08 Å². The Kier molecular flexibility index (Phi) is 5.45. The van der Waals surface area contributed by atoms with Gasteiger partial charge in [0.1, 0.15) is 5.82 Å². The Labute approximate surface area is 111 Å². The minimum atomic E-state index is -0.322. The monoisotopic (exact) mass is 266 g/mol. The molecule has 0 radical (unpaired) electrons. The van der Waals surface area contributed by atoms with E-state index in [0.29, 0.717) is 5.11 Å². The Morgan fingerprint density at radius 3 is 2.50 bits per heavy atom. The lowest BCUT2D eigenvalue weighted by atomic mass is 10.2. The standard InChI is InChI=1S/C13H15FN2OS/c1-9(2)15-13(18)16-12(17)8-5-10-3-6-11(14)7-4-10/h3-9H,1-2H3,(H2,15,16,17,18). The Balaban J connectivity index is 2.49. The van der Waals surface area contributed by atoms with Crippen LogP contribution in [0.4, 0.5) is 4.39 Å². The van der Waals surface area contributed by atoms with Gasteiger partial charge in [-0.3, -0.25) is 10.1 Å². The van der Waals surface area contributed by atoms with Gasteiger partial charge in [0, 0.05) is 12.1 Å². The lowest BCUT2D eigenvalue weighted by Gasteiger charge is -2.10. The van der Waals surface area contributed by atoms with Crippen molar-refractivity contribution in [1.82, 2.24) is 10.6 Å². The van der Waals surface area contributed by atoms with Crippen LogP contribution in [0, 0.1) is 5.82 Å². The molecule has 0 aliphatic heterocycles. The molecule has 3 nitrogen and oxygen atoms in total. The maximum atomic E-state index is 12.7. The SMILES string of the molecule is CC(C)NC(=S)NC(=O)C=Cc1ccc(F)cc1. The Morgan fingerprint density at radius 1 is 1.33 bits per heavy atom.